The Hall–Kier alpha value is -1.78. The van der Waals surface area contributed by atoms with Crippen LogP contribution in [0.1, 0.15) is 43.2 Å². The van der Waals surface area contributed by atoms with Gasteiger partial charge in [-0.25, -0.2) is 0 Å². The first kappa shape index (κ1) is 20.1. The molecule has 0 N–H and O–H groups in total. The van der Waals surface area contributed by atoms with Crippen LogP contribution in [-0.4, -0.2) is 32.9 Å². The molecule has 0 spiro atoms. The van der Waals surface area contributed by atoms with E-state index in [0.29, 0.717) is 11.5 Å². The topological polar surface area (TPSA) is 21.7 Å². The molecular formula is C26H35NO2Si. The Bertz CT molecular complexity index is 937. The molecule has 30 heavy (non-hydrogen) atoms. The highest BCUT2D eigenvalue weighted by molar-refractivity contribution is 6.70. The lowest BCUT2D eigenvalue weighted by Crippen LogP contribution is -2.59. The van der Waals surface area contributed by atoms with E-state index < -0.39 is 8.32 Å². The van der Waals surface area contributed by atoms with E-state index in [9.17, 15) is 0 Å². The minimum atomic E-state index is -1.63. The van der Waals surface area contributed by atoms with Gasteiger partial charge in [0.05, 0.1) is 0 Å². The number of nitrogens with zero attached hydrogens (tertiary/aromatic N) is 1. The summed E-state index contributed by atoms with van der Waals surface area (Å²) >= 11 is 0. The van der Waals surface area contributed by atoms with E-state index in [2.05, 4.69) is 49.8 Å². The third-order valence-electron chi connectivity index (χ3n) is 7.55. The van der Waals surface area contributed by atoms with Crippen LogP contribution in [0.4, 0.5) is 0 Å². The first-order chi connectivity index (χ1) is 14.3. The Morgan fingerprint density at radius 3 is 2.60 bits per heavy atom. The average Bonchev–Trinajstić information content (AvgIpc) is 2.70. The molecule has 0 aromatic heterocycles. The first-order valence-corrected chi connectivity index (χ1v) is 15.1. The zero-order chi connectivity index (χ0) is 20.9. The van der Waals surface area contributed by atoms with Crippen LogP contribution >= 0.6 is 0 Å². The number of rotatable bonds is 4. The Balaban J connectivity index is 1.46. The highest BCUT2D eigenvalue weighted by Crippen LogP contribution is 2.56. The predicted molar refractivity (Wildman–Crippen MR) is 125 cm³/mol. The molecule has 160 valence electrons. The normalized spacial score (nSPS) is 28.4. The monoisotopic (exact) mass is 421 g/mol. The molecule has 3 atom stereocenters. The summed E-state index contributed by atoms with van der Waals surface area (Å²) < 4.78 is 12.5. The third-order valence-corrected chi connectivity index (χ3v) is 8.40. The maximum absolute atomic E-state index is 6.36. The van der Waals surface area contributed by atoms with Crippen LogP contribution in [0.5, 0.6) is 17.2 Å². The van der Waals surface area contributed by atoms with Gasteiger partial charge in [0, 0.05) is 17.5 Å². The van der Waals surface area contributed by atoms with E-state index >= 15 is 0 Å². The molecule has 1 aliphatic heterocycles. The number of likely N-dealkylation sites (tertiary alicyclic amines) is 1. The molecule has 2 aromatic carbocycles. The maximum atomic E-state index is 6.36. The zero-order valence-corrected chi connectivity index (χ0v) is 19.9. The Labute approximate surface area is 182 Å². The van der Waals surface area contributed by atoms with E-state index in [-0.39, 0.29) is 0 Å². The van der Waals surface area contributed by atoms with Crippen molar-refractivity contribution in [2.24, 2.45) is 5.92 Å². The summed E-state index contributed by atoms with van der Waals surface area (Å²) in [5.41, 5.74) is 3.50. The standard InChI is InChI=1S/C26H35NO2Si/c1-27-15-14-26-13-6-5-10-23(26)25(27)16-19-11-12-21(18-24(19)26)28-20-8-7-9-22(17-20)29-30(2,3)4/h7-9,11-12,17-18,23,25H,5-6,10,13-16H2,1-4H3. The lowest BCUT2D eigenvalue weighted by Gasteiger charge is -2.58. The van der Waals surface area contributed by atoms with Crippen LogP contribution in [0.15, 0.2) is 42.5 Å². The van der Waals surface area contributed by atoms with Crippen LogP contribution < -0.4 is 9.16 Å². The fourth-order valence-corrected chi connectivity index (χ4v) is 7.16. The van der Waals surface area contributed by atoms with Crippen LogP contribution in [0.25, 0.3) is 0 Å². The number of likely N-dealkylation sites (N-methyl/N-ethyl adjacent to an activating group) is 1. The number of fused-ring (bicyclic) bond motifs is 1. The molecule has 3 unspecified atom stereocenters. The van der Waals surface area contributed by atoms with Crippen molar-refractivity contribution in [1.82, 2.24) is 4.90 Å². The fourth-order valence-electron chi connectivity index (χ4n) is 6.33. The molecule has 0 radical (unpaired) electrons. The molecule has 2 fully saturated rings. The average molecular weight is 422 g/mol. The highest BCUT2D eigenvalue weighted by Gasteiger charge is 2.53. The molecule has 1 heterocycles. The van der Waals surface area contributed by atoms with Gasteiger partial charge in [0.15, 0.2) is 0 Å². The number of ether oxygens (including phenoxy) is 1. The predicted octanol–water partition coefficient (Wildman–Crippen LogP) is 6.38. The SMILES string of the molecule is CN1CCC23CCCCC2C1Cc1ccc(Oc2cccc(O[Si](C)(C)C)c2)cc13. The van der Waals surface area contributed by atoms with E-state index in [1.54, 1.807) is 11.1 Å². The third kappa shape index (κ3) is 3.58. The molecule has 1 saturated heterocycles. The van der Waals surface area contributed by atoms with Gasteiger partial charge in [0.2, 0.25) is 8.32 Å². The second-order valence-corrected chi connectivity index (χ2v) is 15.0. The number of hydrogen-bond donors (Lipinski definition) is 0. The van der Waals surface area contributed by atoms with Crippen molar-refractivity contribution in [1.29, 1.82) is 0 Å². The second-order valence-electron chi connectivity index (χ2n) is 10.6. The van der Waals surface area contributed by atoms with E-state index in [1.807, 2.05) is 24.3 Å². The van der Waals surface area contributed by atoms with Crippen molar-refractivity contribution in [2.75, 3.05) is 13.6 Å². The fraction of sp³-hybridized carbons (Fsp3) is 0.538. The van der Waals surface area contributed by atoms with Crippen LogP contribution in [-0.2, 0) is 11.8 Å². The maximum Gasteiger partial charge on any atom is 0.242 e. The molecular weight excluding hydrogens is 386 g/mol. The van der Waals surface area contributed by atoms with Crippen LogP contribution in [0.3, 0.4) is 0 Å². The summed E-state index contributed by atoms with van der Waals surface area (Å²) in [6.07, 6.45) is 7.98. The Kier molecular flexibility index (Phi) is 4.98. The van der Waals surface area contributed by atoms with Crippen molar-refractivity contribution in [3.8, 4) is 17.2 Å². The summed E-state index contributed by atoms with van der Waals surface area (Å²) in [6, 6.07) is 15.7. The van der Waals surface area contributed by atoms with E-state index in [0.717, 1.165) is 23.2 Å². The quantitative estimate of drug-likeness (QED) is 0.535. The first-order valence-electron chi connectivity index (χ1n) is 11.6. The molecule has 1 saturated carbocycles. The van der Waals surface area contributed by atoms with Gasteiger partial charge in [-0.05, 0) is 100 Å². The van der Waals surface area contributed by atoms with Crippen LogP contribution in [0, 0.1) is 5.92 Å². The minimum Gasteiger partial charge on any atom is -0.544 e. The minimum absolute atomic E-state index is 0.366. The van der Waals surface area contributed by atoms with Gasteiger partial charge in [-0.1, -0.05) is 25.0 Å². The molecule has 2 aromatic rings. The summed E-state index contributed by atoms with van der Waals surface area (Å²) in [5.74, 6) is 3.55. The number of hydrogen-bond acceptors (Lipinski definition) is 3. The Morgan fingerprint density at radius 1 is 0.967 bits per heavy atom. The van der Waals surface area contributed by atoms with Crippen molar-refractivity contribution in [3.63, 3.8) is 0 Å². The smallest absolute Gasteiger partial charge is 0.242 e. The van der Waals surface area contributed by atoms with Crippen LogP contribution in [0.2, 0.25) is 19.6 Å². The summed E-state index contributed by atoms with van der Waals surface area (Å²) in [5, 5.41) is 0. The molecule has 3 nitrogen and oxygen atoms in total. The lowest BCUT2D eigenvalue weighted by molar-refractivity contribution is 0.00276. The number of piperidine rings is 1. The summed E-state index contributed by atoms with van der Waals surface area (Å²) in [7, 11) is 0.702. The Morgan fingerprint density at radius 2 is 1.77 bits per heavy atom. The van der Waals surface area contributed by atoms with Gasteiger partial charge in [-0.3, -0.25) is 0 Å². The molecule has 2 bridgehead atoms. The van der Waals surface area contributed by atoms with Gasteiger partial charge in [-0.15, -0.1) is 0 Å². The van der Waals surface area contributed by atoms with Gasteiger partial charge in [-0.2, -0.15) is 0 Å². The van der Waals surface area contributed by atoms with Gasteiger partial charge in [0.25, 0.3) is 0 Å². The van der Waals surface area contributed by atoms with E-state index in [1.165, 1.54) is 45.1 Å². The van der Waals surface area contributed by atoms with Crippen molar-refractivity contribution in [2.45, 2.75) is 69.6 Å². The van der Waals surface area contributed by atoms with Gasteiger partial charge >= 0.3 is 0 Å². The van der Waals surface area contributed by atoms with Crippen molar-refractivity contribution >= 4 is 8.32 Å². The van der Waals surface area contributed by atoms with Gasteiger partial charge in [0.1, 0.15) is 17.2 Å². The summed E-state index contributed by atoms with van der Waals surface area (Å²) in [4.78, 5) is 2.63. The largest absolute Gasteiger partial charge is 0.544 e. The molecule has 2 aliphatic carbocycles. The molecule has 3 aliphatic rings. The molecule has 4 heteroatoms. The second kappa shape index (κ2) is 7.42. The van der Waals surface area contributed by atoms with Crippen molar-refractivity contribution in [3.05, 3.63) is 53.6 Å². The molecule has 5 rings (SSSR count). The zero-order valence-electron chi connectivity index (χ0n) is 18.9. The molecule has 0 amide bonds. The van der Waals surface area contributed by atoms with Crippen molar-refractivity contribution < 1.29 is 9.16 Å². The lowest BCUT2D eigenvalue weighted by atomic mass is 9.52. The number of benzene rings is 2. The van der Waals surface area contributed by atoms with E-state index in [4.69, 9.17) is 9.16 Å². The summed E-state index contributed by atoms with van der Waals surface area (Å²) in [6.45, 7) is 7.85. The van der Waals surface area contributed by atoms with Gasteiger partial charge < -0.3 is 14.1 Å². The highest BCUT2D eigenvalue weighted by atomic mass is 28.4.